The molecule has 1 aliphatic heterocycles. The highest BCUT2D eigenvalue weighted by Crippen LogP contribution is 2.22. The molecule has 1 atom stereocenters. The second-order valence-corrected chi connectivity index (χ2v) is 9.69. The van der Waals surface area contributed by atoms with Crippen LogP contribution in [0.3, 0.4) is 0 Å². The molecule has 0 radical (unpaired) electrons. The van der Waals surface area contributed by atoms with Crippen LogP contribution in [0, 0.1) is 6.92 Å². The molecule has 2 aromatic carbocycles. The number of benzene rings is 2. The van der Waals surface area contributed by atoms with Gasteiger partial charge in [-0.15, -0.1) is 0 Å². The third-order valence-electron chi connectivity index (χ3n) is 5.43. The highest BCUT2D eigenvalue weighted by molar-refractivity contribution is 7.89. The summed E-state index contributed by atoms with van der Waals surface area (Å²) >= 11 is 0. The Kier molecular flexibility index (Phi) is 6.61. The predicted octanol–water partition coefficient (Wildman–Crippen LogP) is 2.45. The van der Waals surface area contributed by atoms with E-state index in [4.69, 9.17) is 14.2 Å². The van der Waals surface area contributed by atoms with E-state index in [1.54, 1.807) is 49.6 Å². The highest BCUT2D eigenvalue weighted by Gasteiger charge is 2.29. The summed E-state index contributed by atoms with van der Waals surface area (Å²) in [5.74, 6) is 0.624. The molecular weight excluding hydrogens is 432 g/mol. The van der Waals surface area contributed by atoms with Crippen LogP contribution >= 0.6 is 0 Å². The Labute approximate surface area is 186 Å². The molecule has 0 aliphatic carbocycles. The fraction of sp³-hybridized carbons (Fsp3) is 0.348. The summed E-state index contributed by atoms with van der Waals surface area (Å²) in [5, 5.41) is 0.783. The van der Waals surface area contributed by atoms with E-state index in [0.29, 0.717) is 36.7 Å². The molecule has 0 unspecified atom stereocenters. The molecule has 3 aromatic rings. The maximum Gasteiger partial charge on any atom is 0.252 e. The van der Waals surface area contributed by atoms with Crippen LogP contribution in [0.2, 0.25) is 0 Å². The number of sulfonamides is 1. The van der Waals surface area contributed by atoms with Crippen molar-refractivity contribution in [2.75, 3.05) is 33.5 Å². The zero-order valence-electron chi connectivity index (χ0n) is 18.0. The lowest BCUT2D eigenvalue weighted by atomic mass is 10.1. The van der Waals surface area contributed by atoms with Crippen LogP contribution in [0.25, 0.3) is 10.9 Å². The molecule has 1 saturated heterocycles. The van der Waals surface area contributed by atoms with Gasteiger partial charge >= 0.3 is 0 Å². The minimum Gasteiger partial charge on any atom is -0.497 e. The van der Waals surface area contributed by atoms with Crippen LogP contribution in [-0.2, 0) is 26.0 Å². The zero-order valence-corrected chi connectivity index (χ0v) is 18.9. The van der Waals surface area contributed by atoms with Crippen LogP contribution in [0.4, 0.5) is 0 Å². The molecule has 0 spiro atoms. The maximum atomic E-state index is 13.5. The van der Waals surface area contributed by atoms with E-state index in [9.17, 15) is 13.2 Å². The fourth-order valence-corrected chi connectivity index (χ4v) is 5.09. The van der Waals surface area contributed by atoms with E-state index >= 15 is 0 Å². The van der Waals surface area contributed by atoms with E-state index < -0.39 is 16.1 Å². The van der Waals surface area contributed by atoms with Crippen molar-refractivity contribution in [3.8, 4) is 5.75 Å². The van der Waals surface area contributed by atoms with Crippen molar-refractivity contribution >= 4 is 20.9 Å². The topological polar surface area (TPSA) is 97.9 Å². The lowest BCUT2D eigenvalue weighted by Crippen LogP contribution is -2.43. The lowest BCUT2D eigenvalue weighted by molar-refractivity contribution is -0.0923. The maximum absolute atomic E-state index is 13.5. The van der Waals surface area contributed by atoms with E-state index in [0.717, 1.165) is 10.9 Å². The standard InChI is InChI=1S/C23H26N2O6S/c1-16-3-7-21(8-4-16)32(27,28)25(14-20-15-30-9-10-31-20)13-18-11-17-5-6-19(29-2)12-22(17)24-23(18)26/h3-8,11-12,20H,9-10,13-15H2,1-2H3,(H,24,26)/t20-/m1/s1. The van der Waals surface area contributed by atoms with E-state index in [1.165, 1.54) is 4.31 Å². The van der Waals surface area contributed by atoms with Gasteiger partial charge in [-0.25, -0.2) is 8.42 Å². The van der Waals surface area contributed by atoms with Crippen molar-refractivity contribution in [1.29, 1.82) is 0 Å². The molecule has 8 nitrogen and oxygen atoms in total. The van der Waals surface area contributed by atoms with Crippen molar-refractivity contribution in [3.05, 3.63) is 70.0 Å². The summed E-state index contributed by atoms with van der Waals surface area (Å²) in [7, 11) is -2.32. The molecule has 1 fully saturated rings. The molecule has 2 heterocycles. The van der Waals surface area contributed by atoms with Crippen molar-refractivity contribution in [2.45, 2.75) is 24.5 Å². The summed E-state index contributed by atoms with van der Waals surface area (Å²) in [6.07, 6.45) is -0.409. The lowest BCUT2D eigenvalue weighted by Gasteiger charge is -2.29. The zero-order chi connectivity index (χ0) is 22.7. The quantitative estimate of drug-likeness (QED) is 0.584. The molecular formula is C23H26N2O6S. The van der Waals surface area contributed by atoms with Gasteiger partial charge in [0, 0.05) is 24.7 Å². The van der Waals surface area contributed by atoms with Crippen molar-refractivity contribution in [2.24, 2.45) is 0 Å². The number of pyridine rings is 1. The second-order valence-electron chi connectivity index (χ2n) is 7.76. The first-order chi connectivity index (χ1) is 15.4. The molecule has 4 rings (SSSR count). The summed E-state index contributed by atoms with van der Waals surface area (Å²) in [5.41, 5.74) is 1.57. The molecule has 0 saturated carbocycles. The van der Waals surface area contributed by atoms with Gasteiger partial charge in [0.15, 0.2) is 0 Å². The number of rotatable bonds is 7. The SMILES string of the molecule is COc1ccc2cc(CN(C[C@@H]3COCCO3)S(=O)(=O)c3ccc(C)cc3)c(=O)[nH]c2c1. The van der Waals surface area contributed by atoms with Gasteiger partial charge in [-0.3, -0.25) is 4.79 Å². The normalized spacial score (nSPS) is 17.0. The number of aryl methyl sites for hydroxylation is 1. The molecule has 1 aromatic heterocycles. The van der Waals surface area contributed by atoms with Crippen molar-refractivity contribution in [1.82, 2.24) is 9.29 Å². The number of nitrogens with one attached hydrogen (secondary N) is 1. The molecule has 0 amide bonds. The van der Waals surface area contributed by atoms with Gasteiger partial charge in [-0.05, 0) is 42.6 Å². The van der Waals surface area contributed by atoms with Crippen LogP contribution in [0.5, 0.6) is 5.75 Å². The van der Waals surface area contributed by atoms with E-state index in [1.807, 2.05) is 13.0 Å². The molecule has 170 valence electrons. The Balaban J connectivity index is 1.70. The van der Waals surface area contributed by atoms with Crippen LogP contribution in [-0.4, -0.2) is 57.3 Å². The molecule has 1 aliphatic rings. The largest absolute Gasteiger partial charge is 0.497 e. The summed E-state index contributed by atoms with van der Waals surface area (Å²) in [6, 6.07) is 13.7. The van der Waals surface area contributed by atoms with Gasteiger partial charge in [0.2, 0.25) is 10.0 Å². The van der Waals surface area contributed by atoms with Gasteiger partial charge in [0.25, 0.3) is 5.56 Å². The molecule has 9 heteroatoms. The van der Waals surface area contributed by atoms with Crippen LogP contribution in [0.1, 0.15) is 11.1 Å². The predicted molar refractivity (Wildman–Crippen MR) is 120 cm³/mol. The monoisotopic (exact) mass is 458 g/mol. The third kappa shape index (κ3) is 4.86. The highest BCUT2D eigenvalue weighted by atomic mass is 32.2. The number of aromatic amines is 1. The number of fused-ring (bicyclic) bond motifs is 1. The Morgan fingerprint density at radius 1 is 1.12 bits per heavy atom. The number of nitrogens with zero attached hydrogens (tertiary/aromatic N) is 1. The smallest absolute Gasteiger partial charge is 0.252 e. The van der Waals surface area contributed by atoms with Crippen LogP contribution < -0.4 is 10.3 Å². The minimum atomic E-state index is -3.87. The summed E-state index contributed by atoms with van der Waals surface area (Å²) < 4.78 is 44.6. The summed E-state index contributed by atoms with van der Waals surface area (Å²) in [4.78, 5) is 15.8. The third-order valence-corrected chi connectivity index (χ3v) is 7.25. The first-order valence-electron chi connectivity index (χ1n) is 10.3. The Morgan fingerprint density at radius 3 is 2.59 bits per heavy atom. The first kappa shape index (κ1) is 22.5. The van der Waals surface area contributed by atoms with Gasteiger partial charge in [-0.1, -0.05) is 17.7 Å². The molecule has 1 N–H and O–H groups in total. The average molecular weight is 459 g/mol. The number of aromatic nitrogens is 1. The van der Waals surface area contributed by atoms with E-state index in [2.05, 4.69) is 4.98 Å². The fourth-order valence-electron chi connectivity index (χ4n) is 3.64. The Hall–Kier alpha value is -2.72. The van der Waals surface area contributed by atoms with Crippen LogP contribution in [0.15, 0.2) is 58.2 Å². The van der Waals surface area contributed by atoms with E-state index in [-0.39, 0.29) is 23.5 Å². The number of methoxy groups -OCH3 is 1. The molecule has 32 heavy (non-hydrogen) atoms. The number of H-pyrrole nitrogens is 1. The van der Waals surface area contributed by atoms with Crippen molar-refractivity contribution in [3.63, 3.8) is 0 Å². The summed E-state index contributed by atoms with van der Waals surface area (Å²) in [6.45, 7) is 3.07. The first-order valence-corrected chi connectivity index (χ1v) is 11.8. The molecule has 0 bridgehead atoms. The number of ether oxygens (including phenoxy) is 3. The van der Waals surface area contributed by atoms with Gasteiger partial charge in [0.1, 0.15) is 5.75 Å². The minimum absolute atomic E-state index is 0.0797. The van der Waals surface area contributed by atoms with Gasteiger partial charge in [0.05, 0.1) is 43.4 Å². The Morgan fingerprint density at radius 2 is 1.91 bits per heavy atom. The number of hydrogen-bond donors (Lipinski definition) is 1. The Bertz CT molecular complexity index is 1250. The average Bonchev–Trinajstić information content (AvgIpc) is 2.79. The van der Waals surface area contributed by atoms with Gasteiger partial charge in [-0.2, -0.15) is 4.31 Å². The van der Waals surface area contributed by atoms with Crippen molar-refractivity contribution < 1.29 is 22.6 Å². The number of hydrogen-bond acceptors (Lipinski definition) is 6. The van der Waals surface area contributed by atoms with Gasteiger partial charge < -0.3 is 19.2 Å². The second kappa shape index (κ2) is 9.41.